The highest BCUT2D eigenvalue weighted by molar-refractivity contribution is 5.96. The number of hydrogen-bond donors (Lipinski definition) is 9. The number of amides is 6. The molecule has 17 heteroatoms. The van der Waals surface area contributed by atoms with Crippen LogP contribution in [0.5, 0.6) is 0 Å². The second kappa shape index (κ2) is 19.4. The molecule has 0 aromatic carbocycles. The summed E-state index contributed by atoms with van der Waals surface area (Å²) < 4.78 is 0. The fourth-order valence-corrected chi connectivity index (χ4v) is 4.85. The number of carbonyl (C=O) groups is 6. The normalized spacial score (nSPS) is 18.3. The molecule has 1 fully saturated rings. The zero-order chi connectivity index (χ0) is 34.3. The van der Waals surface area contributed by atoms with E-state index in [0.717, 1.165) is 6.92 Å². The number of guanidine groups is 1. The molecule has 0 spiro atoms. The van der Waals surface area contributed by atoms with Gasteiger partial charge in [-0.3, -0.25) is 33.8 Å². The quantitative estimate of drug-likeness (QED) is 0.0405. The third-order valence-corrected chi connectivity index (χ3v) is 7.48. The molecule has 1 aliphatic heterocycles. The topological polar surface area (TPSA) is 271 Å². The highest BCUT2D eigenvalue weighted by Crippen LogP contribution is 2.20. The van der Waals surface area contributed by atoms with Gasteiger partial charge in [0, 0.05) is 26.6 Å². The standard InChI is InChI=1S/C28H51N9O8/c1-6-15(3)21(36-23(41)19(14-38)35-26(44)22(16(4)39)33-17(5)40)25(43)34-18(10-8-12-32-28(29)30)27(45)37-13-9-11-20(37)24(42)31-7-2/h15-16,18-22,38-39H,6-14H2,1-5H3,(H,31,42)(H,33,40)(H,34,43)(H,35,44)(H,36,41)(H4,29,30,32)/t15-,16+,18-,19-,20-,21-,22-/m0/s1. The maximum absolute atomic E-state index is 13.7. The van der Waals surface area contributed by atoms with E-state index in [4.69, 9.17) is 11.5 Å². The highest BCUT2D eigenvalue weighted by atomic mass is 16.3. The Hall–Kier alpha value is -3.99. The molecule has 6 amide bonds. The minimum atomic E-state index is -1.52. The maximum atomic E-state index is 13.7. The van der Waals surface area contributed by atoms with Gasteiger partial charge in [0.15, 0.2) is 5.96 Å². The molecule has 17 nitrogen and oxygen atoms in total. The molecule has 0 aliphatic carbocycles. The van der Waals surface area contributed by atoms with Gasteiger partial charge in [-0.25, -0.2) is 0 Å². The molecule has 7 atom stereocenters. The Balaban J connectivity index is 3.19. The van der Waals surface area contributed by atoms with E-state index in [1.165, 1.54) is 11.8 Å². The predicted molar refractivity (Wildman–Crippen MR) is 165 cm³/mol. The number of aliphatic imine (C=N–C) groups is 1. The monoisotopic (exact) mass is 641 g/mol. The molecule has 0 aromatic heterocycles. The average molecular weight is 642 g/mol. The number of rotatable bonds is 18. The summed E-state index contributed by atoms with van der Waals surface area (Å²) in [5, 5.41) is 32.3. The number of aliphatic hydroxyl groups excluding tert-OH is 2. The van der Waals surface area contributed by atoms with Crippen LogP contribution in [0.1, 0.15) is 66.7 Å². The van der Waals surface area contributed by atoms with Crippen molar-refractivity contribution < 1.29 is 39.0 Å². The number of likely N-dealkylation sites (N-methyl/N-ethyl adjacent to an activating group) is 1. The summed E-state index contributed by atoms with van der Waals surface area (Å²) in [5.74, 6) is -4.41. The molecule has 0 saturated carbocycles. The molecule has 0 unspecified atom stereocenters. The summed E-state index contributed by atoms with van der Waals surface area (Å²) in [7, 11) is 0. The summed E-state index contributed by atoms with van der Waals surface area (Å²) in [4.78, 5) is 82.7. The lowest BCUT2D eigenvalue weighted by Crippen LogP contribution is -2.61. The number of likely N-dealkylation sites (tertiary alicyclic amines) is 1. The summed E-state index contributed by atoms with van der Waals surface area (Å²) in [6.07, 6.45) is 0.686. The van der Waals surface area contributed by atoms with Crippen molar-refractivity contribution >= 4 is 41.4 Å². The first-order valence-corrected chi connectivity index (χ1v) is 15.3. The van der Waals surface area contributed by atoms with Crippen LogP contribution in [0, 0.1) is 5.92 Å². The van der Waals surface area contributed by atoms with Gasteiger partial charge in [0.25, 0.3) is 0 Å². The Morgan fingerprint density at radius 1 is 0.933 bits per heavy atom. The molecule has 1 aliphatic rings. The van der Waals surface area contributed by atoms with E-state index >= 15 is 0 Å². The molecular formula is C28H51N9O8. The van der Waals surface area contributed by atoms with Crippen molar-refractivity contribution in [2.24, 2.45) is 22.4 Å². The number of aliphatic hydroxyl groups is 2. The number of nitrogens with one attached hydrogen (secondary N) is 5. The molecule has 0 aromatic rings. The van der Waals surface area contributed by atoms with E-state index in [2.05, 4.69) is 31.6 Å². The fourth-order valence-electron chi connectivity index (χ4n) is 4.85. The lowest BCUT2D eigenvalue weighted by atomic mass is 9.97. The molecular weight excluding hydrogens is 590 g/mol. The number of carbonyl (C=O) groups excluding carboxylic acids is 6. The van der Waals surface area contributed by atoms with Crippen LogP contribution < -0.4 is 38.1 Å². The predicted octanol–water partition coefficient (Wildman–Crippen LogP) is -3.45. The molecule has 1 rings (SSSR count). The highest BCUT2D eigenvalue weighted by Gasteiger charge is 2.39. The van der Waals surface area contributed by atoms with Gasteiger partial charge in [0.1, 0.15) is 30.2 Å². The van der Waals surface area contributed by atoms with Crippen LogP contribution in [0.25, 0.3) is 0 Å². The summed E-state index contributed by atoms with van der Waals surface area (Å²) in [6.45, 7) is 7.77. The number of nitrogens with two attached hydrogens (primary N) is 2. The van der Waals surface area contributed by atoms with Crippen molar-refractivity contribution in [3.8, 4) is 0 Å². The van der Waals surface area contributed by atoms with Crippen molar-refractivity contribution in [2.45, 2.75) is 103 Å². The fraction of sp³-hybridized carbons (Fsp3) is 0.750. The molecule has 11 N–H and O–H groups in total. The number of nitrogens with zero attached hydrogens (tertiary/aromatic N) is 2. The van der Waals surface area contributed by atoms with E-state index in [1.54, 1.807) is 20.8 Å². The second-order valence-corrected chi connectivity index (χ2v) is 11.1. The van der Waals surface area contributed by atoms with E-state index in [9.17, 15) is 39.0 Å². The van der Waals surface area contributed by atoms with Crippen molar-refractivity contribution in [1.29, 1.82) is 0 Å². The number of hydrogen-bond acceptors (Lipinski definition) is 9. The second-order valence-electron chi connectivity index (χ2n) is 11.1. The minimum Gasteiger partial charge on any atom is -0.394 e. The van der Waals surface area contributed by atoms with E-state index in [0.29, 0.717) is 38.8 Å². The largest absolute Gasteiger partial charge is 0.394 e. The Labute approximate surface area is 263 Å². The smallest absolute Gasteiger partial charge is 0.245 e. The van der Waals surface area contributed by atoms with Crippen LogP contribution in [0.2, 0.25) is 0 Å². The third kappa shape index (κ3) is 12.5. The van der Waals surface area contributed by atoms with E-state index < -0.39 is 78.4 Å². The summed E-state index contributed by atoms with van der Waals surface area (Å²) in [6, 6.07) is -5.84. The first kappa shape index (κ1) is 39.0. The van der Waals surface area contributed by atoms with E-state index in [1.807, 2.05) is 0 Å². The van der Waals surface area contributed by atoms with Crippen LogP contribution in [0.3, 0.4) is 0 Å². The first-order chi connectivity index (χ1) is 21.2. The Kier molecular flexibility index (Phi) is 16.8. The summed E-state index contributed by atoms with van der Waals surface area (Å²) >= 11 is 0. The van der Waals surface area contributed by atoms with Gasteiger partial charge in [0.05, 0.1) is 12.7 Å². The lowest BCUT2D eigenvalue weighted by molar-refractivity contribution is -0.142. The van der Waals surface area contributed by atoms with Crippen molar-refractivity contribution in [3.63, 3.8) is 0 Å². The van der Waals surface area contributed by atoms with Gasteiger partial charge in [-0.05, 0) is 45.4 Å². The Morgan fingerprint density at radius 3 is 2.09 bits per heavy atom. The molecule has 0 radical (unpaired) electrons. The van der Waals surface area contributed by atoms with Gasteiger partial charge in [-0.2, -0.15) is 0 Å². The zero-order valence-corrected chi connectivity index (χ0v) is 26.8. The molecule has 256 valence electrons. The van der Waals surface area contributed by atoms with E-state index in [-0.39, 0.29) is 24.8 Å². The first-order valence-electron chi connectivity index (χ1n) is 15.3. The van der Waals surface area contributed by atoms with Gasteiger partial charge in [-0.1, -0.05) is 20.3 Å². The molecule has 0 bridgehead atoms. The van der Waals surface area contributed by atoms with Crippen LogP contribution in [0.15, 0.2) is 4.99 Å². The maximum Gasteiger partial charge on any atom is 0.245 e. The van der Waals surface area contributed by atoms with Crippen molar-refractivity contribution in [2.75, 3.05) is 26.2 Å². The minimum absolute atomic E-state index is 0.125. The van der Waals surface area contributed by atoms with Crippen LogP contribution in [-0.4, -0.2) is 119 Å². The Morgan fingerprint density at radius 2 is 1.56 bits per heavy atom. The average Bonchev–Trinajstić information content (AvgIpc) is 3.47. The van der Waals surface area contributed by atoms with Gasteiger partial charge >= 0.3 is 0 Å². The van der Waals surface area contributed by atoms with Gasteiger partial charge in [0.2, 0.25) is 35.4 Å². The third-order valence-electron chi connectivity index (χ3n) is 7.48. The zero-order valence-electron chi connectivity index (χ0n) is 26.8. The SMILES string of the molecule is CCNC(=O)[C@@H]1CCCN1C(=O)[C@H](CCCN=C(N)N)NC(=O)[C@@H](NC(=O)[C@H](CO)NC(=O)[C@@H](NC(C)=O)[C@@H](C)O)[C@@H](C)CC. The Bertz CT molecular complexity index is 1070. The summed E-state index contributed by atoms with van der Waals surface area (Å²) in [5.41, 5.74) is 10.8. The molecule has 45 heavy (non-hydrogen) atoms. The van der Waals surface area contributed by atoms with Crippen molar-refractivity contribution in [1.82, 2.24) is 31.5 Å². The lowest BCUT2D eigenvalue weighted by Gasteiger charge is -2.31. The van der Waals surface area contributed by atoms with Crippen LogP contribution >= 0.6 is 0 Å². The van der Waals surface area contributed by atoms with Gasteiger partial charge in [-0.15, -0.1) is 0 Å². The van der Waals surface area contributed by atoms with Crippen molar-refractivity contribution in [3.05, 3.63) is 0 Å². The van der Waals surface area contributed by atoms with Crippen LogP contribution in [0.4, 0.5) is 0 Å². The van der Waals surface area contributed by atoms with Crippen LogP contribution in [-0.2, 0) is 28.8 Å². The van der Waals surface area contributed by atoms with Gasteiger partial charge < -0.3 is 53.2 Å². The molecule has 1 heterocycles. The molecule has 1 saturated heterocycles.